The summed E-state index contributed by atoms with van der Waals surface area (Å²) in [5.74, 6) is 0.516. The Bertz CT molecular complexity index is 323. The number of nitrogens with one attached hydrogen (secondary N) is 1. The zero-order valence-corrected chi connectivity index (χ0v) is 9.80. The maximum atomic E-state index is 11.4. The number of nitrogens with zero attached hydrogens (tertiary/aromatic N) is 1. The molecule has 0 aliphatic carbocycles. The van der Waals surface area contributed by atoms with Crippen molar-refractivity contribution < 1.29 is 9.90 Å². The van der Waals surface area contributed by atoms with Gasteiger partial charge in [0.15, 0.2) is 5.13 Å². The summed E-state index contributed by atoms with van der Waals surface area (Å²) in [4.78, 5) is 15.4. The molecule has 15 heavy (non-hydrogen) atoms. The standard InChI is InChI=1S/C10H16N2O2S/c1-7(2)3-4-9(14)12-10-11-8(5-13)6-15-10/h6-7,13H,3-5H2,1-2H3,(H,11,12,14). The molecule has 0 spiro atoms. The zero-order valence-electron chi connectivity index (χ0n) is 8.99. The topological polar surface area (TPSA) is 62.2 Å². The van der Waals surface area contributed by atoms with Gasteiger partial charge >= 0.3 is 0 Å². The van der Waals surface area contributed by atoms with E-state index in [9.17, 15) is 4.79 Å². The maximum Gasteiger partial charge on any atom is 0.226 e. The summed E-state index contributed by atoms with van der Waals surface area (Å²) in [6, 6.07) is 0. The van der Waals surface area contributed by atoms with Gasteiger partial charge in [0.05, 0.1) is 12.3 Å². The van der Waals surface area contributed by atoms with Crippen molar-refractivity contribution in [2.45, 2.75) is 33.3 Å². The Morgan fingerprint density at radius 3 is 2.93 bits per heavy atom. The number of amides is 1. The molecule has 2 N–H and O–H groups in total. The summed E-state index contributed by atoms with van der Waals surface area (Å²) >= 11 is 1.33. The highest BCUT2D eigenvalue weighted by molar-refractivity contribution is 7.13. The molecule has 1 heterocycles. The third-order valence-corrected chi connectivity index (χ3v) is 2.72. The largest absolute Gasteiger partial charge is 0.390 e. The lowest BCUT2D eigenvalue weighted by Gasteiger charge is -2.03. The highest BCUT2D eigenvalue weighted by Crippen LogP contribution is 2.16. The monoisotopic (exact) mass is 228 g/mol. The van der Waals surface area contributed by atoms with Crippen LogP contribution in [0.5, 0.6) is 0 Å². The molecule has 0 aliphatic rings. The SMILES string of the molecule is CC(C)CCC(=O)Nc1nc(CO)cs1. The fourth-order valence-corrected chi connectivity index (χ4v) is 1.76. The smallest absolute Gasteiger partial charge is 0.226 e. The Balaban J connectivity index is 2.37. The lowest BCUT2D eigenvalue weighted by atomic mass is 10.1. The molecule has 0 atom stereocenters. The highest BCUT2D eigenvalue weighted by Gasteiger charge is 2.06. The van der Waals surface area contributed by atoms with Gasteiger partial charge in [0, 0.05) is 11.8 Å². The van der Waals surface area contributed by atoms with Crippen molar-refractivity contribution in [3.8, 4) is 0 Å². The first-order chi connectivity index (χ1) is 7.11. The second kappa shape index (κ2) is 5.82. The number of aliphatic hydroxyl groups excluding tert-OH is 1. The van der Waals surface area contributed by atoms with E-state index in [2.05, 4.69) is 24.1 Å². The number of carbonyl (C=O) groups is 1. The van der Waals surface area contributed by atoms with Crippen LogP contribution >= 0.6 is 11.3 Å². The van der Waals surface area contributed by atoms with Crippen LogP contribution in [-0.2, 0) is 11.4 Å². The van der Waals surface area contributed by atoms with Gasteiger partial charge in [-0.25, -0.2) is 4.98 Å². The lowest BCUT2D eigenvalue weighted by Crippen LogP contribution is -2.12. The second-order valence-electron chi connectivity index (χ2n) is 3.78. The van der Waals surface area contributed by atoms with Gasteiger partial charge in [-0.2, -0.15) is 0 Å². The van der Waals surface area contributed by atoms with Gasteiger partial charge in [-0.15, -0.1) is 11.3 Å². The van der Waals surface area contributed by atoms with Crippen LogP contribution in [0.2, 0.25) is 0 Å². The summed E-state index contributed by atoms with van der Waals surface area (Å²) in [5.41, 5.74) is 0.596. The first-order valence-electron chi connectivity index (χ1n) is 4.97. The molecule has 4 nitrogen and oxygen atoms in total. The first-order valence-corrected chi connectivity index (χ1v) is 5.85. The van der Waals surface area contributed by atoms with Crippen LogP contribution in [0.15, 0.2) is 5.38 Å². The van der Waals surface area contributed by atoms with Crippen molar-refractivity contribution in [1.82, 2.24) is 4.98 Å². The van der Waals surface area contributed by atoms with E-state index in [1.54, 1.807) is 5.38 Å². The number of aromatic nitrogens is 1. The highest BCUT2D eigenvalue weighted by atomic mass is 32.1. The molecule has 1 aromatic heterocycles. The fraction of sp³-hybridized carbons (Fsp3) is 0.600. The summed E-state index contributed by atoms with van der Waals surface area (Å²) in [6.45, 7) is 4.08. The van der Waals surface area contributed by atoms with Crippen molar-refractivity contribution in [3.05, 3.63) is 11.1 Å². The van der Waals surface area contributed by atoms with E-state index < -0.39 is 0 Å². The molecule has 84 valence electrons. The Kier molecular flexibility index (Phi) is 4.71. The summed E-state index contributed by atoms with van der Waals surface area (Å²) in [6.07, 6.45) is 1.40. The predicted octanol–water partition coefficient (Wildman–Crippen LogP) is 2.01. The Morgan fingerprint density at radius 1 is 1.67 bits per heavy atom. The third-order valence-electron chi connectivity index (χ3n) is 1.91. The van der Waals surface area contributed by atoms with Crippen LogP contribution in [0.1, 0.15) is 32.4 Å². The summed E-state index contributed by atoms with van der Waals surface area (Å²) in [7, 11) is 0. The van der Waals surface area contributed by atoms with Crippen LogP contribution in [0.3, 0.4) is 0 Å². The second-order valence-corrected chi connectivity index (χ2v) is 4.64. The molecule has 0 unspecified atom stereocenters. The van der Waals surface area contributed by atoms with Gasteiger partial charge in [-0.1, -0.05) is 13.8 Å². The normalized spacial score (nSPS) is 10.7. The minimum Gasteiger partial charge on any atom is -0.390 e. The van der Waals surface area contributed by atoms with Crippen LogP contribution in [0.25, 0.3) is 0 Å². The van der Waals surface area contributed by atoms with Crippen molar-refractivity contribution >= 4 is 22.4 Å². The molecule has 1 amide bonds. The molecule has 0 aromatic carbocycles. The molecular weight excluding hydrogens is 212 g/mol. The summed E-state index contributed by atoms with van der Waals surface area (Å²) in [5, 5.41) is 13.8. The number of aliphatic hydroxyl groups is 1. The van der Waals surface area contributed by atoms with E-state index in [0.717, 1.165) is 6.42 Å². The maximum absolute atomic E-state index is 11.4. The average molecular weight is 228 g/mol. The van der Waals surface area contributed by atoms with Crippen LogP contribution in [-0.4, -0.2) is 16.0 Å². The van der Waals surface area contributed by atoms with Crippen LogP contribution in [0.4, 0.5) is 5.13 Å². The minimum absolute atomic E-state index is 0.0115. The van der Waals surface area contributed by atoms with Gasteiger partial charge in [-0.3, -0.25) is 4.79 Å². The third kappa shape index (κ3) is 4.40. The Hall–Kier alpha value is -0.940. The molecule has 0 aliphatic heterocycles. The molecule has 0 saturated carbocycles. The number of rotatable bonds is 5. The first kappa shape index (κ1) is 12.1. The van der Waals surface area contributed by atoms with Crippen molar-refractivity contribution in [3.63, 3.8) is 0 Å². The molecule has 1 rings (SSSR count). The van der Waals surface area contributed by atoms with Crippen LogP contribution < -0.4 is 5.32 Å². The van der Waals surface area contributed by atoms with E-state index in [1.165, 1.54) is 11.3 Å². The quantitative estimate of drug-likeness (QED) is 0.810. The lowest BCUT2D eigenvalue weighted by molar-refractivity contribution is -0.116. The Morgan fingerprint density at radius 2 is 2.40 bits per heavy atom. The van der Waals surface area contributed by atoms with Gasteiger partial charge in [0.1, 0.15) is 0 Å². The zero-order chi connectivity index (χ0) is 11.3. The van der Waals surface area contributed by atoms with Crippen molar-refractivity contribution in [1.29, 1.82) is 0 Å². The number of thiazole rings is 1. The Labute approximate surface area is 93.4 Å². The van der Waals surface area contributed by atoms with Gasteiger partial charge in [0.2, 0.25) is 5.91 Å². The molecule has 5 heteroatoms. The number of carbonyl (C=O) groups excluding carboxylic acids is 1. The van der Waals surface area contributed by atoms with Crippen molar-refractivity contribution in [2.24, 2.45) is 5.92 Å². The molecule has 0 saturated heterocycles. The fourth-order valence-electron chi connectivity index (χ4n) is 1.04. The molecular formula is C10H16N2O2S. The molecule has 0 radical (unpaired) electrons. The number of hydrogen-bond acceptors (Lipinski definition) is 4. The van der Waals surface area contributed by atoms with Gasteiger partial charge < -0.3 is 10.4 Å². The van der Waals surface area contributed by atoms with Crippen molar-refractivity contribution in [2.75, 3.05) is 5.32 Å². The van der Waals surface area contributed by atoms with E-state index in [1.807, 2.05) is 0 Å². The number of anilines is 1. The van der Waals surface area contributed by atoms with E-state index in [-0.39, 0.29) is 12.5 Å². The molecule has 0 fully saturated rings. The minimum atomic E-state index is -0.0850. The summed E-state index contributed by atoms with van der Waals surface area (Å²) < 4.78 is 0. The number of hydrogen-bond donors (Lipinski definition) is 2. The predicted molar refractivity (Wildman–Crippen MR) is 60.7 cm³/mol. The molecule has 1 aromatic rings. The van der Waals surface area contributed by atoms with E-state index >= 15 is 0 Å². The molecule has 0 bridgehead atoms. The van der Waals surface area contributed by atoms with Gasteiger partial charge in [-0.05, 0) is 12.3 Å². The van der Waals surface area contributed by atoms with E-state index in [0.29, 0.717) is 23.2 Å². The van der Waals surface area contributed by atoms with Crippen LogP contribution in [0, 0.1) is 5.92 Å². The average Bonchev–Trinajstić information content (AvgIpc) is 2.62. The van der Waals surface area contributed by atoms with Gasteiger partial charge in [0.25, 0.3) is 0 Å². The van der Waals surface area contributed by atoms with E-state index in [4.69, 9.17) is 5.11 Å².